The summed E-state index contributed by atoms with van der Waals surface area (Å²) in [7, 11) is 0. The van der Waals surface area contributed by atoms with Gasteiger partial charge in [-0.05, 0) is 36.3 Å². The summed E-state index contributed by atoms with van der Waals surface area (Å²) in [6.45, 7) is 0. The highest BCUT2D eigenvalue weighted by atomic mass is 32.1. The largest absolute Gasteiger partial charge is 0.411 e. The van der Waals surface area contributed by atoms with Gasteiger partial charge in [-0.3, -0.25) is 4.98 Å². The number of H-pyrrole nitrogens is 1. The Balaban J connectivity index is 1.80. The van der Waals surface area contributed by atoms with Crippen LogP contribution in [0, 0.1) is 4.84 Å². The van der Waals surface area contributed by atoms with Crippen molar-refractivity contribution in [1.29, 1.82) is 0 Å². The van der Waals surface area contributed by atoms with Crippen LogP contribution in [0.1, 0.15) is 11.4 Å². The van der Waals surface area contributed by atoms with E-state index in [0.717, 1.165) is 34.5 Å². The molecule has 3 aromatic rings. The number of nitrogens with zero attached hydrogens (tertiary/aromatic N) is 3. The summed E-state index contributed by atoms with van der Waals surface area (Å²) in [4.78, 5) is 4.03. The average Bonchev–Trinajstić information content (AvgIpc) is 2.94. The van der Waals surface area contributed by atoms with Crippen molar-refractivity contribution in [2.75, 3.05) is 0 Å². The van der Waals surface area contributed by atoms with E-state index in [4.69, 9.17) is 16.7 Å². The minimum Gasteiger partial charge on any atom is -0.411 e. The summed E-state index contributed by atoms with van der Waals surface area (Å²) in [5, 5.41) is 17.9. The van der Waals surface area contributed by atoms with Crippen molar-refractivity contribution in [3.63, 3.8) is 0 Å². The Hall–Kier alpha value is -2.15. The Morgan fingerprint density at radius 2 is 2.28 bits per heavy atom. The SMILES string of the molecule is On1ncc2cc(CCc3noc(=S)[nH]3)ccc21. The molecule has 1 aromatic carbocycles. The minimum absolute atomic E-state index is 0.294. The van der Waals surface area contributed by atoms with Crippen molar-refractivity contribution in [3.8, 4) is 0 Å². The molecule has 0 aliphatic heterocycles. The Labute approximate surface area is 107 Å². The first-order valence-corrected chi connectivity index (χ1v) is 5.84. The van der Waals surface area contributed by atoms with Gasteiger partial charge in [-0.1, -0.05) is 11.2 Å². The average molecular weight is 262 g/mol. The molecule has 0 spiro atoms. The van der Waals surface area contributed by atoms with E-state index in [1.165, 1.54) is 0 Å². The van der Waals surface area contributed by atoms with E-state index in [0.29, 0.717) is 10.4 Å². The maximum atomic E-state index is 9.38. The molecular weight excluding hydrogens is 252 g/mol. The van der Waals surface area contributed by atoms with E-state index in [-0.39, 0.29) is 0 Å². The molecule has 2 N–H and O–H groups in total. The number of nitrogens with one attached hydrogen (secondary N) is 1. The molecule has 0 saturated heterocycles. The second-order valence-electron chi connectivity index (χ2n) is 3.97. The Bertz CT molecular complexity index is 743. The summed E-state index contributed by atoms with van der Waals surface area (Å²) in [5.74, 6) is 0.734. The number of rotatable bonds is 3. The molecule has 92 valence electrons. The molecule has 0 aliphatic rings. The van der Waals surface area contributed by atoms with Crippen LogP contribution in [-0.2, 0) is 12.8 Å². The fourth-order valence-electron chi connectivity index (χ4n) is 1.86. The van der Waals surface area contributed by atoms with Crippen LogP contribution in [0.5, 0.6) is 0 Å². The number of fused-ring (bicyclic) bond motifs is 1. The van der Waals surface area contributed by atoms with Crippen molar-refractivity contribution in [3.05, 3.63) is 40.6 Å². The van der Waals surface area contributed by atoms with Gasteiger partial charge in [0.25, 0.3) is 4.84 Å². The van der Waals surface area contributed by atoms with E-state index in [1.54, 1.807) is 6.20 Å². The summed E-state index contributed by atoms with van der Waals surface area (Å²) >= 11 is 4.81. The summed E-state index contributed by atoms with van der Waals surface area (Å²) in [6.07, 6.45) is 3.16. The first-order valence-electron chi connectivity index (χ1n) is 5.43. The molecule has 2 aromatic heterocycles. The lowest BCUT2D eigenvalue weighted by Crippen LogP contribution is -1.94. The standard InChI is InChI=1S/C11H10N4O2S/c16-15-9-3-1-7(5-8(9)6-12-15)2-4-10-13-11(18)17-14-10/h1,3,5-6,16H,2,4H2,(H,13,14,18). The zero-order chi connectivity index (χ0) is 12.5. The normalized spacial score (nSPS) is 11.1. The zero-order valence-corrected chi connectivity index (χ0v) is 10.1. The highest BCUT2D eigenvalue weighted by molar-refractivity contribution is 7.71. The van der Waals surface area contributed by atoms with Gasteiger partial charge in [0.2, 0.25) is 0 Å². The number of aromatic amines is 1. The molecule has 0 atom stereocenters. The van der Waals surface area contributed by atoms with Crippen molar-refractivity contribution in [2.45, 2.75) is 12.8 Å². The van der Waals surface area contributed by atoms with Gasteiger partial charge in [0, 0.05) is 11.8 Å². The van der Waals surface area contributed by atoms with Crippen molar-refractivity contribution >= 4 is 23.1 Å². The second-order valence-corrected chi connectivity index (χ2v) is 4.34. The summed E-state index contributed by atoms with van der Waals surface area (Å²) < 4.78 is 4.79. The van der Waals surface area contributed by atoms with E-state index in [2.05, 4.69) is 15.2 Å². The van der Waals surface area contributed by atoms with Crippen molar-refractivity contribution < 1.29 is 9.73 Å². The number of aryl methyl sites for hydroxylation is 2. The van der Waals surface area contributed by atoms with E-state index < -0.39 is 0 Å². The fourth-order valence-corrected chi connectivity index (χ4v) is 2.01. The van der Waals surface area contributed by atoms with Crippen molar-refractivity contribution in [2.24, 2.45) is 0 Å². The molecule has 0 bridgehead atoms. The summed E-state index contributed by atoms with van der Waals surface area (Å²) in [6, 6.07) is 5.78. The van der Waals surface area contributed by atoms with E-state index >= 15 is 0 Å². The van der Waals surface area contributed by atoms with Gasteiger partial charge in [-0.25, -0.2) is 0 Å². The van der Waals surface area contributed by atoms with E-state index in [9.17, 15) is 5.21 Å². The Kier molecular flexibility index (Phi) is 2.60. The predicted octanol–water partition coefficient (Wildman–Crippen LogP) is 2.10. The fraction of sp³-hybridized carbons (Fsp3) is 0.182. The quantitative estimate of drug-likeness (QED) is 0.558. The third-order valence-electron chi connectivity index (χ3n) is 2.75. The minimum atomic E-state index is 0.294. The van der Waals surface area contributed by atoms with Gasteiger partial charge >= 0.3 is 0 Å². The van der Waals surface area contributed by atoms with Gasteiger partial charge in [0.05, 0.1) is 6.20 Å². The molecule has 0 aliphatic carbocycles. The van der Waals surface area contributed by atoms with Gasteiger partial charge in [-0.2, -0.15) is 0 Å². The van der Waals surface area contributed by atoms with Gasteiger partial charge in [0.1, 0.15) is 11.3 Å². The molecule has 18 heavy (non-hydrogen) atoms. The molecule has 0 saturated carbocycles. The number of benzene rings is 1. The lowest BCUT2D eigenvalue weighted by molar-refractivity contribution is 0.161. The second kappa shape index (κ2) is 4.26. The number of aromatic nitrogens is 4. The lowest BCUT2D eigenvalue weighted by atomic mass is 10.1. The molecule has 0 radical (unpaired) electrons. The first-order chi connectivity index (χ1) is 8.72. The van der Waals surface area contributed by atoms with Gasteiger partial charge < -0.3 is 9.73 Å². The smallest absolute Gasteiger partial charge is 0.294 e. The maximum Gasteiger partial charge on any atom is 0.294 e. The van der Waals surface area contributed by atoms with Gasteiger partial charge in [-0.15, -0.1) is 9.94 Å². The van der Waals surface area contributed by atoms with Crippen LogP contribution in [-0.4, -0.2) is 25.3 Å². The number of hydrogen-bond acceptors (Lipinski definition) is 5. The van der Waals surface area contributed by atoms with Crippen LogP contribution < -0.4 is 0 Å². The third-order valence-corrected chi connectivity index (χ3v) is 2.93. The summed E-state index contributed by atoms with van der Waals surface area (Å²) in [5.41, 5.74) is 1.83. The van der Waals surface area contributed by atoms with Crippen LogP contribution in [0.4, 0.5) is 0 Å². The molecule has 3 rings (SSSR count). The molecule has 7 heteroatoms. The monoisotopic (exact) mass is 262 g/mol. The molecule has 0 amide bonds. The van der Waals surface area contributed by atoms with Crippen LogP contribution in [0.15, 0.2) is 28.9 Å². The molecule has 6 nitrogen and oxygen atoms in total. The van der Waals surface area contributed by atoms with E-state index in [1.807, 2.05) is 18.2 Å². The Morgan fingerprint density at radius 1 is 1.39 bits per heavy atom. The van der Waals surface area contributed by atoms with Gasteiger partial charge in [0.15, 0.2) is 0 Å². The van der Waals surface area contributed by atoms with Crippen LogP contribution in [0.3, 0.4) is 0 Å². The van der Waals surface area contributed by atoms with Crippen LogP contribution in [0.25, 0.3) is 10.9 Å². The molecule has 0 unspecified atom stereocenters. The zero-order valence-electron chi connectivity index (χ0n) is 9.33. The third kappa shape index (κ3) is 2.00. The molecule has 2 heterocycles. The highest BCUT2D eigenvalue weighted by Crippen LogP contribution is 2.15. The maximum absolute atomic E-state index is 9.38. The van der Waals surface area contributed by atoms with Crippen molar-refractivity contribution in [1.82, 2.24) is 20.1 Å². The highest BCUT2D eigenvalue weighted by Gasteiger charge is 2.04. The first kappa shape index (κ1) is 11.0. The molecule has 0 fully saturated rings. The molecular formula is C11H10N4O2S. The van der Waals surface area contributed by atoms with Crippen LogP contribution in [0.2, 0.25) is 0 Å². The number of hydrogen-bond donors (Lipinski definition) is 2. The Morgan fingerprint density at radius 3 is 3.06 bits per heavy atom. The lowest BCUT2D eigenvalue weighted by Gasteiger charge is -1.99. The van der Waals surface area contributed by atoms with Crippen LogP contribution >= 0.6 is 12.2 Å². The predicted molar refractivity (Wildman–Crippen MR) is 66.0 cm³/mol. The topological polar surface area (TPSA) is 79.9 Å².